The molecule has 0 unspecified atom stereocenters. The van der Waals surface area contributed by atoms with Crippen molar-refractivity contribution in [3.8, 4) is 11.6 Å². The Balaban J connectivity index is 1.40. The van der Waals surface area contributed by atoms with Crippen LogP contribution in [0.15, 0.2) is 36.4 Å². The first-order valence-electron chi connectivity index (χ1n) is 9.20. The molecule has 9 heteroatoms. The lowest BCUT2D eigenvalue weighted by molar-refractivity contribution is -0.123. The standard InChI is InChI=1S/C20H23FN6O2/c1-13-14(2)26-27(15(13)3)19-9-8-18(24-25-19)22-10-11-23-20(28)12-29-17-6-4-16(21)5-7-17/h4-9H,10-12H2,1-3H3,(H,22,24)(H,23,28). The number of benzene rings is 1. The van der Waals surface area contributed by atoms with E-state index in [1.807, 2.05) is 32.9 Å². The molecule has 0 saturated heterocycles. The van der Waals surface area contributed by atoms with Gasteiger partial charge in [-0.2, -0.15) is 5.10 Å². The fourth-order valence-corrected chi connectivity index (χ4v) is 2.60. The van der Waals surface area contributed by atoms with E-state index in [2.05, 4.69) is 25.9 Å². The molecule has 0 spiro atoms. The Labute approximate surface area is 168 Å². The van der Waals surface area contributed by atoms with Gasteiger partial charge in [-0.1, -0.05) is 0 Å². The van der Waals surface area contributed by atoms with Crippen molar-refractivity contribution in [1.82, 2.24) is 25.3 Å². The van der Waals surface area contributed by atoms with Gasteiger partial charge in [0, 0.05) is 18.8 Å². The number of aromatic nitrogens is 4. The van der Waals surface area contributed by atoms with Gasteiger partial charge >= 0.3 is 0 Å². The van der Waals surface area contributed by atoms with Gasteiger partial charge in [0.25, 0.3) is 5.91 Å². The van der Waals surface area contributed by atoms with Gasteiger partial charge in [0.1, 0.15) is 17.4 Å². The topological polar surface area (TPSA) is 94.0 Å². The molecule has 0 aliphatic heterocycles. The quantitative estimate of drug-likeness (QED) is 0.566. The lowest BCUT2D eigenvalue weighted by atomic mass is 10.2. The monoisotopic (exact) mass is 398 g/mol. The van der Waals surface area contributed by atoms with E-state index in [0.717, 1.165) is 17.0 Å². The number of rotatable bonds is 8. The van der Waals surface area contributed by atoms with Gasteiger partial charge in [-0.15, -0.1) is 10.2 Å². The molecule has 2 aromatic heterocycles. The van der Waals surface area contributed by atoms with Gasteiger partial charge in [-0.25, -0.2) is 9.07 Å². The van der Waals surface area contributed by atoms with Gasteiger partial charge in [0.15, 0.2) is 12.4 Å². The highest BCUT2D eigenvalue weighted by Gasteiger charge is 2.10. The largest absolute Gasteiger partial charge is 0.484 e. The van der Waals surface area contributed by atoms with E-state index in [4.69, 9.17) is 4.74 Å². The number of carbonyl (C=O) groups is 1. The minimum absolute atomic E-state index is 0.137. The number of halogens is 1. The van der Waals surface area contributed by atoms with Crippen molar-refractivity contribution in [3.05, 3.63) is 59.2 Å². The normalized spacial score (nSPS) is 10.6. The molecule has 29 heavy (non-hydrogen) atoms. The van der Waals surface area contributed by atoms with E-state index >= 15 is 0 Å². The average molecular weight is 398 g/mol. The molecule has 2 heterocycles. The zero-order valence-corrected chi connectivity index (χ0v) is 16.6. The van der Waals surface area contributed by atoms with Crippen LogP contribution in [-0.4, -0.2) is 45.6 Å². The maximum atomic E-state index is 12.8. The van der Waals surface area contributed by atoms with E-state index < -0.39 is 0 Å². The molecule has 1 aromatic carbocycles. The van der Waals surface area contributed by atoms with Crippen molar-refractivity contribution in [2.75, 3.05) is 25.0 Å². The van der Waals surface area contributed by atoms with Crippen molar-refractivity contribution >= 4 is 11.7 Å². The molecule has 0 saturated carbocycles. The van der Waals surface area contributed by atoms with E-state index in [0.29, 0.717) is 30.5 Å². The Hall–Kier alpha value is -3.49. The predicted octanol–water partition coefficient (Wildman–Crippen LogP) is 2.33. The Morgan fingerprint density at radius 2 is 1.83 bits per heavy atom. The highest BCUT2D eigenvalue weighted by atomic mass is 19.1. The summed E-state index contributed by atoms with van der Waals surface area (Å²) in [7, 11) is 0. The molecular weight excluding hydrogens is 375 g/mol. The van der Waals surface area contributed by atoms with E-state index in [9.17, 15) is 9.18 Å². The molecule has 0 aliphatic rings. The Bertz CT molecular complexity index is 970. The van der Waals surface area contributed by atoms with Crippen LogP contribution in [0.3, 0.4) is 0 Å². The number of nitrogens with zero attached hydrogens (tertiary/aromatic N) is 4. The number of hydrogen-bond acceptors (Lipinski definition) is 6. The van der Waals surface area contributed by atoms with Crippen LogP contribution in [0.5, 0.6) is 5.75 Å². The zero-order valence-electron chi connectivity index (χ0n) is 16.6. The summed E-state index contributed by atoms with van der Waals surface area (Å²) in [6.07, 6.45) is 0. The summed E-state index contributed by atoms with van der Waals surface area (Å²) in [5.41, 5.74) is 3.13. The predicted molar refractivity (Wildman–Crippen MR) is 107 cm³/mol. The molecule has 3 rings (SSSR count). The third-order valence-corrected chi connectivity index (χ3v) is 4.46. The summed E-state index contributed by atoms with van der Waals surface area (Å²) in [5.74, 6) is 1.07. The van der Waals surface area contributed by atoms with E-state index in [-0.39, 0.29) is 18.3 Å². The Morgan fingerprint density at radius 1 is 1.07 bits per heavy atom. The molecule has 1 amide bonds. The lowest BCUT2D eigenvalue weighted by Gasteiger charge is -2.09. The van der Waals surface area contributed by atoms with Crippen LogP contribution in [0.4, 0.5) is 10.2 Å². The van der Waals surface area contributed by atoms with Gasteiger partial charge < -0.3 is 15.4 Å². The van der Waals surface area contributed by atoms with Crippen LogP contribution in [0, 0.1) is 26.6 Å². The van der Waals surface area contributed by atoms with Gasteiger partial charge in [0.2, 0.25) is 0 Å². The number of amides is 1. The van der Waals surface area contributed by atoms with Crippen LogP contribution in [0.1, 0.15) is 17.0 Å². The molecule has 0 radical (unpaired) electrons. The summed E-state index contributed by atoms with van der Waals surface area (Å²) in [6, 6.07) is 9.15. The molecule has 0 atom stereocenters. The lowest BCUT2D eigenvalue weighted by Crippen LogP contribution is -2.32. The fourth-order valence-electron chi connectivity index (χ4n) is 2.60. The first kappa shape index (κ1) is 20.2. The third-order valence-electron chi connectivity index (χ3n) is 4.46. The Morgan fingerprint density at radius 3 is 2.45 bits per heavy atom. The summed E-state index contributed by atoms with van der Waals surface area (Å²) in [5, 5.41) is 18.6. The number of nitrogens with one attached hydrogen (secondary N) is 2. The maximum absolute atomic E-state index is 12.8. The summed E-state index contributed by atoms with van der Waals surface area (Å²) in [6.45, 7) is 6.71. The first-order chi connectivity index (χ1) is 13.9. The van der Waals surface area contributed by atoms with Crippen molar-refractivity contribution < 1.29 is 13.9 Å². The van der Waals surface area contributed by atoms with E-state index in [1.165, 1.54) is 24.3 Å². The van der Waals surface area contributed by atoms with Crippen LogP contribution in [0.25, 0.3) is 5.82 Å². The summed E-state index contributed by atoms with van der Waals surface area (Å²) in [4.78, 5) is 11.8. The van der Waals surface area contributed by atoms with Crippen LogP contribution >= 0.6 is 0 Å². The fraction of sp³-hybridized carbons (Fsp3) is 0.300. The van der Waals surface area contributed by atoms with Crippen LogP contribution < -0.4 is 15.4 Å². The second-order valence-electron chi connectivity index (χ2n) is 6.50. The molecule has 0 aliphatic carbocycles. The first-order valence-corrected chi connectivity index (χ1v) is 9.20. The van der Waals surface area contributed by atoms with Crippen molar-refractivity contribution in [1.29, 1.82) is 0 Å². The second kappa shape index (κ2) is 9.13. The van der Waals surface area contributed by atoms with Crippen LogP contribution in [0.2, 0.25) is 0 Å². The molecular formula is C20H23FN6O2. The van der Waals surface area contributed by atoms with Crippen molar-refractivity contribution in [2.24, 2.45) is 0 Å². The maximum Gasteiger partial charge on any atom is 0.258 e. The molecule has 0 bridgehead atoms. The summed E-state index contributed by atoms with van der Waals surface area (Å²) < 4.78 is 19.9. The number of carbonyl (C=O) groups excluding carboxylic acids is 1. The van der Waals surface area contributed by atoms with Gasteiger partial charge in [-0.3, -0.25) is 4.79 Å². The number of ether oxygens (including phenoxy) is 1. The molecule has 3 aromatic rings. The minimum Gasteiger partial charge on any atom is -0.484 e. The van der Waals surface area contributed by atoms with Gasteiger partial charge in [0.05, 0.1) is 5.69 Å². The zero-order chi connectivity index (χ0) is 20.8. The molecule has 0 fully saturated rings. The second-order valence-corrected chi connectivity index (χ2v) is 6.50. The highest BCUT2D eigenvalue weighted by Crippen LogP contribution is 2.15. The smallest absolute Gasteiger partial charge is 0.258 e. The SMILES string of the molecule is Cc1nn(-c2ccc(NCCNC(=O)COc3ccc(F)cc3)nn2)c(C)c1C. The number of aryl methyl sites for hydroxylation is 1. The average Bonchev–Trinajstić information content (AvgIpc) is 2.98. The minimum atomic E-state index is -0.353. The van der Waals surface area contributed by atoms with E-state index in [1.54, 1.807) is 4.68 Å². The molecule has 8 nitrogen and oxygen atoms in total. The molecule has 152 valence electrons. The Kier molecular flexibility index (Phi) is 6.38. The summed E-state index contributed by atoms with van der Waals surface area (Å²) >= 11 is 0. The van der Waals surface area contributed by atoms with Crippen molar-refractivity contribution in [2.45, 2.75) is 20.8 Å². The highest BCUT2D eigenvalue weighted by molar-refractivity contribution is 5.77. The van der Waals surface area contributed by atoms with Crippen LogP contribution in [-0.2, 0) is 4.79 Å². The number of anilines is 1. The third kappa shape index (κ3) is 5.28. The number of hydrogen-bond donors (Lipinski definition) is 2. The van der Waals surface area contributed by atoms with Gasteiger partial charge in [-0.05, 0) is 62.7 Å². The molecule has 2 N–H and O–H groups in total. The van der Waals surface area contributed by atoms with Crippen molar-refractivity contribution in [3.63, 3.8) is 0 Å².